The molecular formula is C30H41NO. The van der Waals surface area contributed by atoms with Gasteiger partial charge in [0.05, 0.1) is 5.41 Å². The molecule has 172 valence electrons. The van der Waals surface area contributed by atoms with E-state index in [9.17, 15) is 4.79 Å². The van der Waals surface area contributed by atoms with Crippen molar-refractivity contribution in [2.24, 2.45) is 5.73 Å². The Bertz CT molecular complexity index is 768. The standard InChI is InChI=1S/C30H41NO/c1-2-3-4-5-6-7-8-9-10-11-12-13-14-21-26-30(29(31)32,27-22-17-15-18-23-27)28-24-19-16-20-25-28/h6-7,9-10,15-20,22-25H,2-5,8,11-14,21,26H2,1H3,(H2,31,32)/b7-6-,10-9-. The molecule has 2 rings (SSSR count). The van der Waals surface area contributed by atoms with E-state index in [1.54, 1.807) is 0 Å². The summed E-state index contributed by atoms with van der Waals surface area (Å²) in [7, 11) is 0. The van der Waals surface area contributed by atoms with Crippen LogP contribution in [-0.4, -0.2) is 5.91 Å². The van der Waals surface area contributed by atoms with E-state index in [0.29, 0.717) is 0 Å². The molecule has 2 aromatic carbocycles. The van der Waals surface area contributed by atoms with Gasteiger partial charge in [0.2, 0.25) is 5.91 Å². The molecule has 0 aromatic heterocycles. The average molecular weight is 432 g/mol. The van der Waals surface area contributed by atoms with Crippen LogP contribution in [0.3, 0.4) is 0 Å². The van der Waals surface area contributed by atoms with Crippen LogP contribution in [0.15, 0.2) is 85.0 Å². The minimum absolute atomic E-state index is 0.263. The van der Waals surface area contributed by atoms with Crippen molar-refractivity contribution in [3.05, 3.63) is 96.1 Å². The zero-order valence-corrected chi connectivity index (χ0v) is 19.8. The number of amides is 1. The lowest BCUT2D eigenvalue weighted by Crippen LogP contribution is -2.42. The van der Waals surface area contributed by atoms with Crippen molar-refractivity contribution in [3.8, 4) is 0 Å². The number of hydrogen-bond donors (Lipinski definition) is 1. The third kappa shape index (κ3) is 8.15. The van der Waals surface area contributed by atoms with Crippen LogP contribution in [0.25, 0.3) is 0 Å². The number of benzene rings is 2. The van der Waals surface area contributed by atoms with E-state index in [-0.39, 0.29) is 5.91 Å². The van der Waals surface area contributed by atoms with E-state index < -0.39 is 5.41 Å². The maximum atomic E-state index is 12.8. The van der Waals surface area contributed by atoms with Gasteiger partial charge in [0, 0.05) is 0 Å². The Morgan fingerprint density at radius 3 is 1.72 bits per heavy atom. The Kier molecular flexibility index (Phi) is 12.2. The number of carbonyl (C=O) groups excluding carboxylic acids is 1. The first kappa shape index (κ1) is 25.6. The van der Waals surface area contributed by atoms with Gasteiger partial charge < -0.3 is 5.73 Å². The third-order valence-electron chi connectivity index (χ3n) is 6.21. The molecular weight excluding hydrogens is 390 g/mol. The zero-order valence-electron chi connectivity index (χ0n) is 19.8. The summed E-state index contributed by atoms with van der Waals surface area (Å²) in [6.07, 6.45) is 21.7. The second-order valence-corrected chi connectivity index (χ2v) is 8.63. The van der Waals surface area contributed by atoms with Crippen molar-refractivity contribution >= 4 is 5.91 Å². The maximum Gasteiger partial charge on any atom is 0.232 e. The van der Waals surface area contributed by atoms with Crippen LogP contribution in [0.5, 0.6) is 0 Å². The summed E-state index contributed by atoms with van der Waals surface area (Å²) in [5, 5.41) is 0. The van der Waals surface area contributed by atoms with Gasteiger partial charge in [-0.15, -0.1) is 0 Å². The lowest BCUT2D eigenvalue weighted by molar-refractivity contribution is -0.122. The van der Waals surface area contributed by atoms with Gasteiger partial charge in [0.15, 0.2) is 0 Å². The molecule has 2 nitrogen and oxygen atoms in total. The fourth-order valence-electron chi connectivity index (χ4n) is 4.33. The summed E-state index contributed by atoms with van der Waals surface area (Å²) in [6.45, 7) is 2.24. The molecule has 0 aliphatic heterocycles. The highest BCUT2D eigenvalue weighted by molar-refractivity contribution is 5.90. The molecule has 0 unspecified atom stereocenters. The Labute approximate surface area is 195 Å². The van der Waals surface area contributed by atoms with Gasteiger partial charge in [0.25, 0.3) is 0 Å². The summed E-state index contributed by atoms with van der Waals surface area (Å²) in [6, 6.07) is 20.0. The van der Waals surface area contributed by atoms with Gasteiger partial charge in [-0.1, -0.05) is 124 Å². The van der Waals surface area contributed by atoms with Crippen LogP contribution in [0.1, 0.15) is 88.7 Å². The van der Waals surface area contributed by atoms with E-state index in [0.717, 1.165) is 43.2 Å². The van der Waals surface area contributed by atoms with E-state index in [2.05, 4.69) is 31.2 Å². The molecule has 0 heterocycles. The predicted octanol–water partition coefficient (Wildman–Crippen LogP) is 7.88. The van der Waals surface area contributed by atoms with E-state index >= 15 is 0 Å². The smallest absolute Gasteiger partial charge is 0.232 e. The SMILES string of the molecule is CCCCC/C=C\C/C=C\CCCCCCC(C(N)=O)(c1ccccc1)c1ccccc1. The highest BCUT2D eigenvalue weighted by Gasteiger charge is 2.39. The highest BCUT2D eigenvalue weighted by Crippen LogP contribution is 2.37. The number of primary amides is 1. The number of nitrogens with two attached hydrogens (primary N) is 1. The van der Waals surface area contributed by atoms with Gasteiger partial charge >= 0.3 is 0 Å². The summed E-state index contributed by atoms with van der Waals surface area (Å²) >= 11 is 0. The molecule has 2 heteroatoms. The fourth-order valence-corrected chi connectivity index (χ4v) is 4.33. The molecule has 2 N–H and O–H groups in total. The summed E-state index contributed by atoms with van der Waals surface area (Å²) in [5.74, 6) is -0.263. The molecule has 0 saturated carbocycles. The predicted molar refractivity (Wildman–Crippen MR) is 138 cm³/mol. The van der Waals surface area contributed by atoms with Crippen LogP contribution >= 0.6 is 0 Å². The number of allylic oxidation sites excluding steroid dienone is 4. The number of carbonyl (C=O) groups is 1. The van der Waals surface area contributed by atoms with Crippen LogP contribution in [0.2, 0.25) is 0 Å². The molecule has 1 amide bonds. The van der Waals surface area contributed by atoms with Crippen LogP contribution < -0.4 is 5.73 Å². The van der Waals surface area contributed by atoms with Gasteiger partial charge in [-0.3, -0.25) is 4.79 Å². The normalized spacial score (nSPS) is 12.0. The van der Waals surface area contributed by atoms with E-state index in [4.69, 9.17) is 5.73 Å². The molecule has 0 bridgehead atoms. The number of unbranched alkanes of at least 4 members (excludes halogenated alkanes) is 7. The topological polar surface area (TPSA) is 43.1 Å². The van der Waals surface area contributed by atoms with E-state index in [1.165, 1.54) is 38.5 Å². The van der Waals surface area contributed by atoms with Crippen molar-refractivity contribution < 1.29 is 4.79 Å². The molecule has 0 atom stereocenters. The average Bonchev–Trinajstić information content (AvgIpc) is 2.83. The Hall–Kier alpha value is -2.61. The number of rotatable bonds is 16. The van der Waals surface area contributed by atoms with Gasteiger partial charge in [-0.2, -0.15) is 0 Å². The molecule has 2 aromatic rings. The summed E-state index contributed by atoms with van der Waals surface area (Å²) in [4.78, 5) is 12.8. The highest BCUT2D eigenvalue weighted by atomic mass is 16.1. The van der Waals surface area contributed by atoms with Crippen molar-refractivity contribution in [2.75, 3.05) is 0 Å². The Morgan fingerprint density at radius 2 is 1.22 bits per heavy atom. The zero-order chi connectivity index (χ0) is 22.9. The van der Waals surface area contributed by atoms with Crippen LogP contribution in [-0.2, 0) is 10.2 Å². The molecule has 0 radical (unpaired) electrons. The molecule has 0 fully saturated rings. The monoisotopic (exact) mass is 431 g/mol. The molecule has 0 aliphatic carbocycles. The summed E-state index contributed by atoms with van der Waals surface area (Å²) in [5.41, 5.74) is 7.26. The first-order valence-electron chi connectivity index (χ1n) is 12.4. The minimum Gasteiger partial charge on any atom is -0.369 e. The third-order valence-corrected chi connectivity index (χ3v) is 6.21. The lowest BCUT2D eigenvalue weighted by Gasteiger charge is -2.32. The van der Waals surface area contributed by atoms with Crippen LogP contribution in [0, 0.1) is 0 Å². The van der Waals surface area contributed by atoms with Crippen molar-refractivity contribution in [3.63, 3.8) is 0 Å². The second kappa shape index (κ2) is 15.2. The van der Waals surface area contributed by atoms with Gasteiger partial charge in [-0.05, 0) is 49.7 Å². The molecule has 32 heavy (non-hydrogen) atoms. The lowest BCUT2D eigenvalue weighted by atomic mass is 9.70. The first-order chi connectivity index (χ1) is 15.7. The van der Waals surface area contributed by atoms with Crippen molar-refractivity contribution in [1.82, 2.24) is 0 Å². The maximum absolute atomic E-state index is 12.8. The quantitative estimate of drug-likeness (QED) is 0.213. The fraction of sp³-hybridized carbons (Fsp3) is 0.433. The van der Waals surface area contributed by atoms with Crippen molar-refractivity contribution in [1.29, 1.82) is 0 Å². The molecule has 0 aliphatic rings. The van der Waals surface area contributed by atoms with Crippen LogP contribution in [0.4, 0.5) is 0 Å². The largest absolute Gasteiger partial charge is 0.369 e. The van der Waals surface area contributed by atoms with E-state index in [1.807, 2.05) is 60.7 Å². The van der Waals surface area contributed by atoms with Gasteiger partial charge in [-0.25, -0.2) is 0 Å². The minimum atomic E-state index is -0.758. The molecule has 0 saturated heterocycles. The number of hydrogen-bond acceptors (Lipinski definition) is 1. The Balaban J connectivity index is 1.80. The molecule has 0 spiro atoms. The van der Waals surface area contributed by atoms with Gasteiger partial charge in [0.1, 0.15) is 0 Å². The second-order valence-electron chi connectivity index (χ2n) is 8.63. The first-order valence-corrected chi connectivity index (χ1v) is 12.4. The van der Waals surface area contributed by atoms with Crippen molar-refractivity contribution in [2.45, 2.75) is 83.0 Å². The summed E-state index contributed by atoms with van der Waals surface area (Å²) < 4.78 is 0. The Morgan fingerprint density at radius 1 is 0.719 bits per heavy atom.